The number of carbonyl (C=O) groups excluding carboxylic acids is 1. The van der Waals surface area contributed by atoms with Crippen LogP contribution in [0.2, 0.25) is 0 Å². The Hall–Kier alpha value is -1.73. The number of phenols is 1. The van der Waals surface area contributed by atoms with Crippen LogP contribution in [0.3, 0.4) is 0 Å². The highest BCUT2D eigenvalue weighted by Crippen LogP contribution is 2.69. The molecule has 170 valence electrons. The summed E-state index contributed by atoms with van der Waals surface area (Å²) in [6.45, 7) is 4.20. The van der Waals surface area contributed by atoms with Gasteiger partial charge in [-0.25, -0.2) is 0 Å². The predicted octanol–water partition coefficient (Wildman–Crippen LogP) is 3.09. The quantitative estimate of drug-likeness (QED) is 0.690. The van der Waals surface area contributed by atoms with Gasteiger partial charge in [-0.2, -0.15) is 0 Å². The van der Waals surface area contributed by atoms with Gasteiger partial charge in [0.2, 0.25) is 0 Å². The minimum Gasteiger partial charge on any atom is -0.508 e. The van der Waals surface area contributed by atoms with Crippen LogP contribution in [0.1, 0.15) is 68.1 Å². The molecule has 3 heterocycles. The molecule has 3 saturated heterocycles. The van der Waals surface area contributed by atoms with E-state index in [9.17, 15) is 15.0 Å². The largest absolute Gasteiger partial charge is 0.508 e. The van der Waals surface area contributed by atoms with Crippen molar-refractivity contribution in [1.82, 2.24) is 0 Å². The number of hydrogen-bond donors (Lipinski definition) is 2. The Balaban J connectivity index is 1.23. The Morgan fingerprint density at radius 3 is 2.88 bits per heavy atom. The number of ether oxygens (including phenoxy) is 3. The highest BCUT2D eigenvalue weighted by molar-refractivity contribution is 5.98. The summed E-state index contributed by atoms with van der Waals surface area (Å²) in [4.78, 5) is 13.1. The third-order valence-electron chi connectivity index (χ3n) is 9.72. The van der Waals surface area contributed by atoms with Gasteiger partial charge >= 0.3 is 0 Å². The molecule has 6 heteroatoms. The van der Waals surface area contributed by atoms with E-state index < -0.39 is 11.7 Å². The Morgan fingerprint density at radius 1 is 1.22 bits per heavy atom. The Morgan fingerprint density at radius 2 is 2.06 bits per heavy atom. The summed E-state index contributed by atoms with van der Waals surface area (Å²) in [6, 6.07) is 4.09. The number of aliphatic hydroxyl groups excluding tert-OH is 1. The number of allylic oxidation sites excluding steroid dienone is 1. The lowest BCUT2D eigenvalue weighted by Crippen LogP contribution is -2.56. The number of carbonyl (C=O) groups is 1. The SMILES string of the molecule is CC(c1cc(O)c2c(c1)CCC1C2CC2OC23CC=CC(=O)C13C)C1CC2OC2C(O)O1. The smallest absolute Gasteiger partial charge is 0.184 e. The van der Waals surface area contributed by atoms with Crippen molar-refractivity contribution in [3.05, 3.63) is 41.0 Å². The van der Waals surface area contributed by atoms with E-state index in [1.165, 1.54) is 5.56 Å². The molecule has 1 aromatic rings. The van der Waals surface area contributed by atoms with Gasteiger partial charge in [0.1, 0.15) is 17.5 Å². The van der Waals surface area contributed by atoms with Gasteiger partial charge in [0.05, 0.1) is 23.7 Å². The summed E-state index contributed by atoms with van der Waals surface area (Å²) >= 11 is 0. The molecule has 10 unspecified atom stereocenters. The molecule has 6 aliphatic rings. The Bertz CT molecular complexity index is 1050. The lowest BCUT2D eigenvalue weighted by atomic mass is 9.49. The van der Waals surface area contributed by atoms with Crippen LogP contribution in [0.5, 0.6) is 5.75 Å². The van der Waals surface area contributed by atoms with Gasteiger partial charge in [0.15, 0.2) is 12.1 Å². The molecule has 0 bridgehead atoms. The molecule has 32 heavy (non-hydrogen) atoms. The third kappa shape index (κ3) is 2.37. The normalized spacial score (nSPS) is 48.6. The fraction of sp³-hybridized carbons (Fsp3) is 0.654. The van der Waals surface area contributed by atoms with Crippen LogP contribution in [0.25, 0.3) is 0 Å². The molecular formula is C26H30O6. The van der Waals surface area contributed by atoms with Crippen LogP contribution < -0.4 is 0 Å². The van der Waals surface area contributed by atoms with Crippen molar-refractivity contribution in [1.29, 1.82) is 0 Å². The fourth-order valence-corrected chi connectivity index (χ4v) is 7.74. The first-order valence-electron chi connectivity index (χ1n) is 12.1. The summed E-state index contributed by atoms with van der Waals surface area (Å²) in [7, 11) is 0. The molecular weight excluding hydrogens is 408 g/mol. The van der Waals surface area contributed by atoms with E-state index in [4.69, 9.17) is 14.2 Å². The van der Waals surface area contributed by atoms with E-state index in [-0.39, 0.29) is 53.6 Å². The number of phenolic OH excluding ortho intramolecular Hbond substituents is 1. The number of epoxide rings is 2. The van der Waals surface area contributed by atoms with E-state index in [2.05, 4.69) is 19.9 Å². The van der Waals surface area contributed by atoms with E-state index in [1.807, 2.05) is 12.1 Å². The summed E-state index contributed by atoms with van der Waals surface area (Å²) in [5.74, 6) is 0.866. The fourth-order valence-electron chi connectivity index (χ4n) is 7.74. The molecule has 4 fully saturated rings. The maximum Gasteiger partial charge on any atom is 0.184 e. The molecule has 1 aromatic carbocycles. The van der Waals surface area contributed by atoms with Gasteiger partial charge in [-0.1, -0.05) is 19.1 Å². The topological polar surface area (TPSA) is 91.8 Å². The molecule has 3 aliphatic heterocycles. The molecule has 10 atom stereocenters. The van der Waals surface area contributed by atoms with Gasteiger partial charge in [0, 0.05) is 17.9 Å². The Labute approximate surface area is 187 Å². The zero-order valence-corrected chi connectivity index (χ0v) is 18.5. The van der Waals surface area contributed by atoms with Crippen molar-refractivity contribution < 1.29 is 29.2 Å². The van der Waals surface area contributed by atoms with E-state index in [0.29, 0.717) is 5.75 Å². The van der Waals surface area contributed by atoms with Crippen molar-refractivity contribution in [2.45, 2.75) is 94.1 Å². The molecule has 3 aliphatic carbocycles. The molecule has 1 spiro atoms. The second-order valence-corrected chi connectivity index (χ2v) is 11.0. The Kier molecular flexibility index (Phi) is 3.84. The predicted molar refractivity (Wildman–Crippen MR) is 114 cm³/mol. The number of ketones is 1. The van der Waals surface area contributed by atoms with Gasteiger partial charge < -0.3 is 24.4 Å². The van der Waals surface area contributed by atoms with E-state index in [0.717, 1.165) is 43.2 Å². The van der Waals surface area contributed by atoms with Crippen molar-refractivity contribution >= 4 is 5.78 Å². The van der Waals surface area contributed by atoms with Crippen molar-refractivity contribution in [3.8, 4) is 5.75 Å². The minimum atomic E-state index is -0.864. The minimum absolute atomic E-state index is 0.0390. The first-order valence-corrected chi connectivity index (χ1v) is 12.1. The van der Waals surface area contributed by atoms with Gasteiger partial charge in [-0.3, -0.25) is 4.79 Å². The first-order chi connectivity index (χ1) is 15.3. The average molecular weight is 439 g/mol. The second kappa shape index (κ2) is 6.23. The molecule has 0 aromatic heterocycles. The highest BCUT2D eigenvalue weighted by Gasteiger charge is 2.75. The monoisotopic (exact) mass is 438 g/mol. The molecule has 0 amide bonds. The lowest BCUT2D eigenvalue weighted by molar-refractivity contribution is -0.160. The average Bonchev–Trinajstić information content (AvgIpc) is 3.67. The number of aromatic hydroxyl groups is 1. The number of rotatable bonds is 2. The molecule has 7 rings (SSSR count). The van der Waals surface area contributed by atoms with Crippen LogP contribution in [-0.4, -0.2) is 52.3 Å². The van der Waals surface area contributed by atoms with Crippen LogP contribution in [-0.2, 0) is 25.4 Å². The highest BCUT2D eigenvalue weighted by atomic mass is 16.7. The number of hydrogen-bond acceptors (Lipinski definition) is 6. The first kappa shape index (κ1) is 19.7. The van der Waals surface area contributed by atoms with Gasteiger partial charge in [-0.15, -0.1) is 0 Å². The van der Waals surface area contributed by atoms with Crippen LogP contribution in [0.4, 0.5) is 0 Å². The van der Waals surface area contributed by atoms with Crippen molar-refractivity contribution in [3.63, 3.8) is 0 Å². The maximum absolute atomic E-state index is 13.1. The van der Waals surface area contributed by atoms with Crippen molar-refractivity contribution in [2.24, 2.45) is 11.3 Å². The third-order valence-corrected chi connectivity index (χ3v) is 9.72. The number of aryl methyl sites for hydroxylation is 1. The molecule has 1 saturated carbocycles. The standard InChI is InChI=1S/C26H30O6/c1-12(18-11-19-23(30-19)24(29)31-18)14-8-13-5-6-16-15(22(13)17(27)9-14)10-21-26(32-21)7-3-4-20(28)25(16,26)2/h3-4,8-9,12,15-16,18-19,21,23-24,27,29H,5-7,10-11H2,1-2H3. The van der Waals surface area contributed by atoms with Crippen LogP contribution in [0, 0.1) is 11.3 Å². The van der Waals surface area contributed by atoms with Gasteiger partial charge in [0.25, 0.3) is 0 Å². The van der Waals surface area contributed by atoms with Crippen LogP contribution in [0.15, 0.2) is 24.3 Å². The van der Waals surface area contributed by atoms with E-state index >= 15 is 0 Å². The number of benzene rings is 1. The maximum atomic E-state index is 13.1. The number of aliphatic hydroxyl groups is 1. The molecule has 6 nitrogen and oxygen atoms in total. The summed E-state index contributed by atoms with van der Waals surface area (Å²) in [5, 5.41) is 21.3. The van der Waals surface area contributed by atoms with E-state index in [1.54, 1.807) is 6.08 Å². The lowest BCUT2D eigenvalue weighted by Gasteiger charge is -2.51. The number of fused-ring (bicyclic) bond motifs is 5. The molecule has 0 radical (unpaired) electrons. The van der Waals surface area contributed by atoms with Crippen LogP contribution >= 0.6 is 0 Å². The second-order valence-electron chi connectivity index (χ2n) is 11.0. The summed E-state index contributed by atoms with van der Waals surface area (Å²) in [5.41, 5.74) is 2.38. The summed E-state index contributed by atoms with van der Waals surface area (Å²) < 4.78 is 17.6. The summed E-state index contributed by atoms with van der Waals surface area (Å²) in [6.07, 6.45) is 6.96. The van der Waals surface area contributed by atoms with Gasteiger partial charge in [-0.05, 0) is 67.7 Å². The zero-order valence-electron chi connectivity index (χ0n) is 18.5. The molecule has 2 N–H and O–H groups in total. The van der Waals surface area contributed by atoms with Crippen molar-refractivity contribution in [2.75, 3.05) is 0 Å². The zero-order chi connectivity index (χ0) is 22.0.